The van der Waals surface area contributed by atoms with E-state index >= 15 is 0 Å². The van der Waals surface area contributed by atoms with Crippen molar-refractivity contribution >= 4 is 13.6 Å². The summed E-state index contributed by atoms with van der Waals surface area (Å²) < 4.78 is 40.1. The summed E-state index contributed by atoms with van der Waals surface area (Å²) in [5.74, 6) is -0.0826. The summed E-state index contributed by atoms with van der Waals surface area (Å²) in [5.41, 5.74) is 0.111. The summed E-state index contributed by atoms with van der Waals surface area (Å²) >= 11 is 0. The number of aromatic nitrogens is 2. The molecule has 2 rings (SSSR count). The molecule has 1 aliphatic rings. The van der Waals surface area contributed by atoms with Crippen molar-refractivity contribution in [3.63, 3.8) is 0 Å². The topological polar surface area (TPSA) is 166 Å². The summed E-state index contributed by atoms with van der Waals surface area (Å²) in [5, 5.41) is 20.9. The van der Waals surface area contributed by atoms with Crippen LogP contribution in [0.4, 0.5) is 10.2 Å². The minimum absolute atomic E-state index is 0.0826. The third-order valence-corrected chi connectivity index (χ3v) is 4.85. The average molecular weight is 383 g/mol. The van der Waals surface area contributed by atoms with Crippen molar-refractivity contribution in [1.82, 2.24) is 9.55 Å². The first-order valence-corrected chi connectivity index (χ1v) is 8.50. The van der Waals surface area contributed by atoms with Gasteiger partial charge in [0.2, 0.25) is 0 Å². The molecular formula is C12H19FN3O8P. The van der Waals surface area contributed by atoms with Crippen LogP contribution in [0.2, 0.25) is 0 Å². The molecule has 1 aromatic rings. The molecule has 1 aliphatic heterocycles. The summed E-state index contributed by atoms with van der Waals surface area (Å²) in [6, 6.07) is 1.24. The van der Waals surface area contributed by atoms with Gasteiger partial charge < -0.3 is 25.6 Å². The van der Waals surface area contributed by atoms with Gasteiger partial charge in [0.05, 0.1) is 6.61 Å². The fourth-order valence-electron chi connectivity index (χ4n) is 2.52. The molecular weight excluding hydrogens is 364 g/mol. The zero-order chi connectivity index (χ0) is 19.0. The van der Waals surface area contributed by atoms with Crippen LogP contribution in [-0.2, 0) is 18.3 Å². The summed E-state index contributed by atoms with van der Waals surface area (Å²) in [6.07, 6.45) is -2.31. The lowest BCUT2D eigenvalue weighted by atomic mass is 9.88. The number of nitrogen functional groups attached to an aromatic ring is 1. The van der Waals surface area contributed by atoms with Crippen LogP contribution in [0.5, 0.6) is 0 Å². The molecule has 0 amide bonds. The molecule has 5 atom stereocenters. The van der Waals surface area contributed by atoms with Crippen molar-refractivity contribution in [3.05, 3.63) is 22.7 Å². The Kier molecular flexibility index (Phi) is 5.36. The van der Waals surface area contributed by atoms with Crippen LogP contribution in [0.3, 0.4) is 0 Å². The smallest absolute Gasteiger partial charge is 0.387 e. The minimum atomic E-state index is -4.49. The van der Waals surface area contributed by atoms with Gasteiger partial charge in [-0.3, -0.25) is 13.6 Å². The lowest BCUT2D eigenvalue weighted by Gasteiger charge is -2.30. The molecule has 2 heterocycles. The molecule has 0 aromatic carbocycles. The van der Waals surface area contributed by atoms with Crippen molar-refractivity contribution in [1.29, 1.82) is 0 Å². The second-order valence-corrected chi connectivity index (χ2v) is 7.32. The molecule has 13 heteroatoms. The number of anilines is 1. The van der Waals surface area contributed by atoms with Crippen molar-refractivity contribution < 1.29 is 37.8 Å². The Morgan fingerprint density at radius 1 is 1.60 bits per heavy atom. The second-order valence-electron chi connectivity index (χ2n) is 5.76. The Bertz CT molecular complexity index is 743. The number of nitrogens with zero attached hydrogens (tertiary/aromatic N) is 2. The van der Waals surface area contributed by atoms with Crippen molar-refractivity contribution in [2.75, 3.05) is 26.1 Å². The van der Waals surface area contributed by atoms with E-state index in [1.807, 2.05) is 0 Å². The summed E-state index contributed by atoms with van der Waals surface area (Å²) in [6.45, 7) is -1.20. The predicted molar refractivity (Wildman–Crippen MR) is 81.2 cm³/mol. The number of ether oxygens (including phenoxy) is 1. The Hall–Kier alpha value is -1.40. The van der Waals surface area contributed by atoms with Crippen LogP contribution in [0.15, 0.2) is 17.1 Å². The normalized spacial score (nSPS) is 34.8. The van der Waals surface area contributed by atoms with Gasteiger partial charge in [0, 0.05) is 13.3 Å². The molecule has 0 bridgehead atoms. The Morgan fingerprint density at radius 3 is 2.76 bits per heavy atom. The van der Waals surface area contributed by atoms with Gasteiger partial charge in [-0.05, 0) is 13.0 Å². The molecule has 5 unspecified atom stereocenters. The van der Waals surface area contributed by atoms with Gasteiger partial charge in [-0.1, -0.05) is 0 Å². The number of aliphatic hydroxyl groups is 2. The van der Waals surface area contributed by atoms with E-state index in [0.29, 0.717) is 0 Å². The molecule has 0 aliphatic carbocycles. The van der Waals surface area contributed by atoms with Crippen LogP contribution in [0.25, 0.3) is 0 Å². The highest BCUT2D eigenvalue weighted by atomic mass is 31.2. The van der Waals surface area contributed by atoms with Gasteiger partial charge in [0.25, 0.3) is 0 Å². The molecule has 5 N–H and O–H groups in total. The van der Waals surface area contributed by atoms with Gasteiger partial charge in [0.15, 0.2) is 11.8 Å². The largest absolute Gasteiger partial charge is 0.472 e. The SMILES string of the molecule is COP(=O)(O)OCC1(CF)OC(n2ccc(N)nc2=O)C(C)(O)C1O. The number of rotatable bonds is 6. The first kappa shape index (κ1) is 19.9. The van der Waals surface area contributed by atoms with E-state index in [1.165, 1.54) is 6.07 Å². The standard InChI is InChI=1S/C12H19FN3O8P/c1-11(19)8(17)12(5-13,6-23-25(20,21)22-2)24-9(11)16-4-3-7(14)15-10(16)18/h3-4,8-9,17,19H,5-6H2,1-2H3,(H,20,21)(H2,14,15,18). The van der Waals surface area contributed by atoms with Crippen molar-refractivity contribution in [2.45, 2.75) is 30.5 Å². The van der Waals surface area contributed by atoms with E-state index in [-0.39, 0.29) is 5.82 Å². The number of phosphoric acid groups is 1. The van der Waals surface area contributed by atoms with Gasteiger partial charge in [-0.25, -0.2) is 13.8 Å². The number of phosphoric ester groups is 1. The molecule has 1 aromatic heterocycles. The van der Waals surface area contributed by atoms with Gasteiger partial charge >= 0.3 is 13.5 Å². The second kappa shape index (κ2) is 6.72. The van der Waals surface area contributed by atoms with Crippen LogP contribution >= 0.6 is 7.82 Å². The molecule has 142 valence electrons. The highest BCUT2D eigenvalue weighted by molar-refractivity contribution is 7.47. The van der Waals surface area contributed by atoms with Crippen LogP contribution in [-0.4, -0.2) is 62.4 Å². The quantitative estimate of drug-likeness (QED) is 0.445. The van der Waals surface area contributed by atoms with Gasteiger partial charge in [0.1, 0.15) is 24.2 Å². The molecule has 0 spiro atoms. The van der Waals surface area contributed by atoms with E-state index in [9.17, 15) is 28.9 Å². The maximum atomic E-state index is 13.7. The number of nitrogens with two attached hydrogens (primary N) is 1. The molecule has 25 heavy (non-hydrogen) atoms. The van der Waals surface area contributed by atoms with E-state index in [0.717, 1.165) is 24.8 Å². The molecule has 1 fully saturated rings. The highest BCUT2D eigenvalue weighted by Gasteiger charge is 2.62. The van der Waals surface area contributed by atoms with Gasteiger partial charge in [-0.2, -0.15) is 4.98 Å². The van der Waals surface area contributed by atoms with E-state index in [2.05, 4.69) is 14.0 Å². The zero-order valence-electron chi connectivity index (χ0n) is 13.4. The Balaban J connectivity index is 2.39. The fourth-order valence-corrected chi connectivity index (χ4v) is 3.00. The number of halogens is 1. The fraction of sp³-hybridized carbons (Fsp3) is 0.667. The number of hydrogen-bond acceptors (Lipinski definition) is 9. The maximum absolute atomic E-state index is 13.7. The molecule has 0 saturated carbocycles. The summed E-state index contributed by atoms with van der Waals surface area (Å²) in [7, 11) is -3.60. The van der Waals surface area contributed by atoms with Crippen molar-refractivity contribution in [3.8, 4) is 0 Å². The summed E-state index contributed by atoms with van der Waals surface area (Å²) in [4.78, 5) is 24.7. The van der Waals surface area contributed by atoms with E-state index in [1.54, 1.807) is 0 Å². The highest BCUT2D eigenvalue weighted by Crippen LogP contribution is 2.48. The molecule has 0 radical (unpaired) electrons. The van der Waals surface area contributed by atoms with Crippen molar-refractivity contribution in [2.24, 2.45) is 0 Å². The third kappa shape index (κ3) is 3.60. The zero-order valence-corrected chi connectivity index (χ0v) is 14.3. The third-order valence-electron chi connectivity index (χ3n) is 3.93. The van der Waals surface area contributed by atoms with Crippen LogP contribution in [0, 0.1) is 0 Å². The number of aliphatic hydroxyl groups excluding tert-OH is 1. The average Bonchev–Trinajstić information content (AvgIpc) is 2.74. The maximum Gasteiger partial charge on any atom is 0.472 e. The van der Waals surface area contributed by atoms with Crippen LogP contribution in [0.1, 0.15) is 13.2 Å². The van der Waals surface area contributed by atoms with E-state index < -0.39 is 50.3 Å². The number of alkyl halides is 1. The van der Waals surface area contributed by atoms with Gasteiger partial charge in [-0.15, -0.1) is 0 Å². The molecule has 1 saturated heterocycles. The predicted octanol–water partition coefficient (Wildman–Crippen LogP) is -1.06. The Morgan fingerprint density at radius 2 is 2.24 bits per heavy atom. The minimum Gasteiger partial charge on any atom is -0.387 e. The number of hydrogen-bond donors (Lipinski definition) is 4. The Labute approximate surface area is 141 Å². The monoisotopic (exact) mass is 383 g/mol. The first-order chi connectivity index (χ1) is 11.5. The first-order valence-electron chi connectivity index (χ1n) is 7.01. The van der Waals surface area contributed by atoms with Crippen LogP contribution < -0.4 is 11.4 Å². The lowest BCUT2D eigenvalue weighted by Crippen LogP contribution is -2.53. The van der Waals surface area contributed by atoms with E-state index in [4.69, 9.17) is 10.5 Å². The molecule has 11 nitrogen and oxygen atoms in total. The lowest BCUT2D eigenvalue weighted by molar-refractivity contribution is -0.138.